The molecule has 1 amide bonds. The molecule has 1 saturated carbocycles. The molecule has 3 aromatic rings. The van der Waals surface area contributed by atoms with Gasteiger partial charge in [0.2, 0.25) is 6.41 Å². The highest BCUT2D eigenvalue weighted by atomic mass is 35.5. The molecule has 1 unspecified atom stereocenters. The zero-order chi connectivity index (χ0) is 25.1. The summed E-state index contributed by atoms with van der Waals surface area (Å²) >= 11 is 6.44. The number of hydrogen-bond acceptors (Lipinski definition) is 4. The average Bonchev–Trinajstić information content (AvgIpc) is 3.51. The van der Waals surface area contributed by atoms with Gasteiger partial charge in [-0.3, -0.25) is 14.3 Å². The Morgan fingerprint density at radius 1 is 1.23 bits per heavy atom. The predicted octanol–water partition coefficient (Wildman–Crippen LogP) is 5.91. The molecule has 1 aromatic carbocycles. The summed E-state index contributed by atoms with van der Waals surface area (Å²) in [5.41, 5.74) is 3.06. The number of nitrogens with zero attached hydrogens (tertiary/aromatic N) is 5. The minimum atomic E-state index is -0.578. The number of halogens is 2. The molecule has 35 heavy (non-hydrogen) atoms. The van der Waals surface area contributed by atoms with Gasteiger partial charge in [0.25, 0.3) is 0 Å². The molecule has 0 radical (unpaired) electrons. The summed E-state index contributed by atoms with van der Waals surface area (Å²) in [6.07, 6.45) is 6.29. The third-order valence-electron chi connectivity index (χ3n) is 6.70. The number of rotatable bonds is 5. The van der Waals surface area contributed by atoms with Crippen LogP contribution < -0.4 is 0 Å². The first-order valence-electron chi connectivity index (χ1n) is 11.9. The summed E-state index contributed by atoms with van der Waals surface area (Å²) in [5.74, 6) is 1.98. The smallest absolute Gasteiger partial charge is 0.209 e. The summed E-state index contributed by atoms with van der Waals surface area (Å²) in [4.78, 5) is 21.2. The van der Waals surface area contributed by atoms with Crippen molar-refractivity contribution in [3.05, 3.63) is 64.5 Å². The maximum absolute atomic E-state index is 14.0. The maximum atomic E-state index is 14.0. The van der Waals surface area contributed by atoms with Crippen LogP contribution in [0.25, 0.3) is 17.1 Å². The normalized spacial score (nSPS) is 17.2. The van der Waals surface area contributed by atoms with Crippen molar-refractivity contribution in [2.24, 2.45) is 11.8 Å². The zero-order valence-corrected chi connectivity index (χ0v) is 21.0. The fourth-order valence-corrected chi connectivity index (χ4v) is 4.51. The Morgan fingerprint density at radius 2 is 2.00 bits per heavy atom. The van der Waals surface area contributed by atoms with Crippen LogP contribution in [0.3, 0.4) is 0 Å². The number of aromatic nitrogens is 3. The standard InChI is InChI=1S/C19H14ClFN4.C8H15NO/c1-11-18(20)25(15-6-7-17(23-10-15)12-2-3-12)19(24-11)13-4-5-14(9-22)16(21)8-13;1-7(2)8-3-4-9(5-8)6-10/h4-8,10,12H,2-3H2,1H3;6-8H,3-5H2,1-2H3. The van der Waals surface area contributed by atoms with Crippen LogP contribution in [0.5, 0.6) is 0 Å². The molecule has 3 heterocycles. The van der Waals surface area contributed by atoms with Gasteiger partial charge in [0.15, 0.2) is 0 Å². The monoisotopic (exact) mass is 493 g/mol. The summed E-state index contributed by atoms with van der Waals surface area (Å²) in [5, 5.41) is 9.36. The van der Waals surface area contributed by atoms with Crippen LogP contribution in [0.4, 0.5) is 4.39 Å². The van der Waals surface area contributed by atoms with Crippen molar-refractivity contribution in [3.63, 3.8) is 0 Å². The number of benzene rings is 1. The molecule has 2 aliphatic rings. The molecule has 2 fully saturated rings. The Hall–Kier alpha value is -3.24. The van der Waals surface area contributed by atoms with E-state index in [1.54, 1.807) is 23.8 Å². The van der Waals surface area contributed by atoms with Crippen LogP contribution in [0.1, 0.15) is 56.0 Å². The largest absolute Gasteiger partial charge is 0.345 e. The van der Waals surface area contributed by atoms with Crippen LogP contribution in [0.2, 0.25) is 5.15 Å². The molecule has 6 nitrogen and oxygen atoms in total. The van der Waals surface area contributed by atoms with Crippen molar-refractivity contribution >= 4 is 18.0 Å². The number of pyridine rings is 1. The lowest BCUT2D eigenvalue weighted by atomic mass is 9.95. The Bertz CT molecular complexity index is 1240. The number of carbonyl (C=O) groups is 1. The molecular weight excluding hydrogens is 465 g/mol. The van der Waals surface area contributed by atoms with Gasteiger partial charge >= 0.3 is 0 Å². The van der Waals surface area contributed by atoms with E-state index in [9.17, 15) is 9.18 Å². The van der Waals surface area contributed by atoms with Crippen molar-refractivity contribution in [3.8, 4) is 23.1 Å². The Labute approximate surface area is 210 Å². The van der Waals surface area contributed by atoms with Crippen LogP contribution in [-0.4, -0.2) is 38.9 Å². The second-order valence-electron chi connectivity index (χ2n) is 9.56. The van der Waals surface area contributed by atoms with Gasteiger partial charge in [-0.15, -0.1) is 0 Å². The quantitative estimate of drug-likeness (QED) is 0.414. The predicted molar refractivity (Wildman–Crippen MR) is 134 cm³/mol. The third-order valence-corrected chi connectivity index (χ3v) is 7.14. The number of nitriles is 1. The summed E-state index contributed by atoms with van der Waals surface area (Å²) in [6.45, 7) is 8.18. The van der Waals surface area contributed by atoms with Gasteiger partial charge < -0.3 is 4.90 Å². The van der Waals surface area contributed by atoms with E-state index in [2.05, 4.69) is 23.8 Å². The second kappa shape index (κ2) is 10.6. The van der Waals surface area contributed by atoms with Crippen LogP contribution in [-0.2, 0) is 4.79 Å². The molecule has 1 aliphatic heterocycles. The molecule has 8 heteroatoms. The summed E-state index contributed by atoms with van der Waals surface area (Å²) in [6, 6.07) is 10.2. The molecule has 182 valence electrons. The van der Waals surface area contributed by atoms with Crippen LogP contribution in [0, 0.1) is 35.9 Å². The zero-order valence-electron chi connectivity index (χ0n) is 20.2. The van der Waals surface area contributed by atoms with Crippen molar-refractivity contribution in [1.82, 2.24) is 19.4 Å². The maximum Gasteiger partial charge on any atom is 0.209 e. The van der Waals surface area contributed by atoms with E-state index in [1.807, 2.05) is 23.1 Å². The van der Waals surface area contributed by atoms with E-state index >= 15 is 0 Å². The van der Waals surface area contributed by atoms with Gasteiger partial charge in [0.1, 0.15) is 22.9 Å². The van der Waals surface area contributed by atoms with E-state index in [-0.39, 0.29) is 5.56 Å². The van der Waals surface area contributed by atoms with E-state index in [0.717, 1.165) is 42.7 Å². The van der Waals surface area contributed by atoms with Crippen LogP contribution in [0.15, 0.2) is 36.5 Å². The Kier molecular flexibility index (Phi) is 7.51. The Morgan fingerprint density at radius 3 is 2.51 bits per heavy atom. The first-order chi connectivity index (χ1) is 16.8. The van der Waals surface area contributed by atoms with Gasteiger partial charge in [-0.05, 0) is 68.4 Å². The minimum absolute atomic E-state index is 0.000119. The molecule has 0 bridgehead atoms. The third kappa shape index (κ3) is 5.54. The van der Waals surface area contributed by atoms with Gasteiger partial charge in [-0.1, -0.05) is 25.4 Å². The van der Waals surface area contributed by atoms with E-state index in [4.69, 9.17) is 16.9 Å². The fourth-order valence-electron chi connectivity index (χ4n) is 4.29. The van der Waals surface area contributed by atoms with Gasteiger partial charge in [-0.2, -0.15) is 5.26 Å². The lowest BCUT2D eigenvalue weighted by Crippen LogP contribution is -2.19. The van der Waals surface area contributed by atoms with Crippen molar-refractivity contribution < 1.29 is 9.18 Å². The SMILES string of the molecule is CC(C)C1CCN(C=O)C1.Cc1nc(-c2ccc(C#N)c(F)c2)n(-c2ccc(C3CC3)nc2)c1Cl. The molecule has 0 N–H and O–H groups in total. The first kappa shape index (κ1) is 24.9. The Balaban J connectivity index is 0.000000243. The molecule has 2 aromatic heterocycles. The number of likely N-dealkylation sites (tertiary alicyclic amines) is 1. The van der Waals surface area contributed by atoms with Crippen molar-refractivity contribution in [2.75, 3.05) is 13.1 Å². The molecular formula is C27H29ClFN5O. The average molecular weight is 494 g/mol. The van der Waals surface area contributed by atoms with E-state index in [0.29, 0.717) is 28.2 Å². The fraction of sp³-hybridized carbons (Fsp3) is 0.407. The van der Waals surface area contributed by atoms with Gasteiger partial charge in [-0.25, -0.2) is 9.37 Å². The van der Waals surface area contributed by atoms with E-state index < -0.39 is 5.82 Å². The molecule has 5 rings (SSSR count). The topological polar surface area (TPSA) is 74.8 Å². The minimum Gasteiger partial charge on any atom is -0.345 e. The second-order valence-corrected chi connectivity index (χ2v) is 9.92. The lowest BCUT2D eigenvalue weighted by Gasteiger charge is -2.13. The molecule has 0 spiro atoms. The van der Waals surface area contributed by atoms with Crippen molar-refractivity contribution in [1.29, 1.82) is 5.26 Å². The van der Waals surface area contributed by atoms with Gasteiger partial charge in [0, 0.05) is 30.3 Å². The number of amides is 1. The summed E-state index contributed by atoms with van der Waals surface area (Å²) < 4.78 is 15.8. The molecule has 1 atom stereocenters. The lowest BCUT2D eigenvalue weighted by molar-refractivity contribution is -0.117. The highest BCUT2D eigenvalue weighted by Crippen LogP contribution is 2.39. The number of hydrogen-bond donors (Lipinski definition) is 0. The molecule has 1 aliphatic carbocycles. The van der Waals surface area contributed by atoms with Crippen LogP contribution >= 0.6 is 11.6 Å². The van der Waals surface area contributed by atoms with Gasteiger partial charge in [0.05, 0.1) is 23.1 Å². The first-order valence-corrected chi connectivity index (χ1v) is 12.3. The number of imidazole rings is 1. The van der Waals surface area contributed by atoms with E-state index in [1.165, 1.54) is 31.4 Å². The number of aryl methyl sites for hydroxylation is 1. The molecule has 1 saturated heterocycles. The highest BCUT2D eigenvalue weighted by molar-refractivity contribution is 6.30. The van der Waals surface area contributed by atoms with Crippen molar-refractivity contribution in [2.45, 2.75) is 46.0 Å². The summed E-state index contributed by atoms with van der Waals surface area (Å²) in [7, 11) is 0. The number of carbonyl (C=O) groups excluding carboxylic acids is 1. The highest BCUT2D eigenvalue weighted by Gasteiger charge is 2.25.